The van der Waals surface area contributed by atoms with Gasteiger partial charge >= 0.3 is 5.97 Å². The highest BCUT2D eigenvalue weighted by Gasteiger charge is 2.35. The van der Waals surface area contributed by atoms with Crippen molar-refractivity contribution in [1.82, 2.24) is 9.88 Å². The number of nitrogens with zero attached hydrogens (tertiary/aromatic N) is 1. The van der Waals surface area contributed by atoms with Crippen LogP contribution in [0.2, 0.25) is 5.02 Å². The number of hydrogen-bond donors (Lipinski definition) is 2. The summed E-state index contributed by atoms with van der Waals surface area (Å²) in [6, 6.07) is 12.6. The molecule has 1 aromatic heterocycles. The maximum Gasteiger partial charge on any atom is 0.337 e. The summed E-state index contributed by atoms with van der Waals surface area (Å²) in [5, 5.41) is 13.4. The van der Waals surface area contributed by atoms with Crippen molar-refractivity contribution in [3.8, 4) is 16.8 Å². The molecule has 2 N–H and O–H groups in total. The Kier molecular flexibility index (Phi) is 8.30. The number of ether oxygens (including phenoxy) is 1. The number of carbonyl (C=O) groups is 2. The van der Waals surface area contributed by atoms with Crippen LogP contribution < -0.4 is 10.9 Å². The van der Waals surface area contributed by atoms with Crippen LogP contribution in [0.15, 0.2) is 47.3 Å². The van der Waals surface area contributed by atoms with E-state index in [1.54, 1.807) is 52.0 Å². The number of amides is 1. The number of likely N-dealkylation sites (N-methyl/N-ethyl adjacent to an activating group) is 1. The van der Waals surface area contributed by atoms with Gasteiger partial charge in [0.25, 0.3) is 5.56 Å². The van der Waals surface area contributed by atoms with Crippen molar-refractivity contribution in [2.75, 3.05) is 7.05 Å². The van der Waals surface area contributed by atoms with Gasteiger partial charge in [-0.25, -0.2) is 4.79 Å². The van der Waals surface area contributed by atoms with Gasteiger partial charge in [-0.1, -0.05) is 29.8 Å². The van der Waals surface area contributed by atoms with Gasteiger partial charge in [0, 0.05) is 40.1 Å². The van der Waals surface area contributed by atoms with Gasteiger partial charge in [0.05, 0.1) is 12.0 Å². The normalized spacial score (nSPS) is 12.3. The third-order valence-corrected chi connectivity index (χ3v) is 6.46. The highest BCUT2D eigenvalue weighted by atomic mass is 35.5. The molecule has 0 spiro atoms. The number of halogens is 1. The van der Waals surface area contributed by atoms with Crippen LogP contribution in [0.4, 0.5) is 0 Å². The standard InChI is InChI=1S/C29H33ClN2O5/c1-16-8-13-21(14-17(16)2)32-18(3)24(19-9-11-20(30)12-10-19)25(22(27(32)34)15-23(33)31-7)26(28(35)36)37-29(4,5)6/h8-14,26H,15H2,1-7H3,(H,31,33)(H,35,36). The van der Waals surface area contributed by atoms with E-state index in [1.165, 1.54) is 11.6 Å². The summed E-state index contributed by atoms with van der Waals surface area (Å²) in [6.45, 7) is 10.9. The first-order valence-corrected chi connectivity index (χ1v) is 12.4. The quantitative estimate of drug-likeness (QED) is 0.436. The molecule has 0 aliphatic rings. The van der Waals surface area contributed by atoms with E-state index in [9.17, 15) is 19.5 Å². The highest BCUT2D eigenvalue weighted by Crippen LogP contribution is 2.38. The lowest BCUT2D eigenvalue weighted by Gasteiger charge is -2.30. The molecular formula is C29H33ClN2O5. The van der Waals surface area contributed by atoms with Crippen LogP contribution in [0.25, 0.3) is 16.8 Å². The molecule has 0 saturated heterocycles. The van der Waals surface area contributed by atoms with Crippen LogP contribution in [0.3, 0.4) is 0 Å². The molecule has 1 unspecified atom stereocenters. The number of pyridine rings is 1. The lowest BCUT2D eigenvalue weighted by atomic mass is 9.89. The molecule has 1 atom stereocenters. The summed E-state index contributed by atoms with van der Waals surface area (Å²) in [7, 11) is 1.47. The minimum atomic E-state index is -1.49. The van der Waals surface area contributed by atoms with Crippen molar-refractivity contribution >= 4 is 23.5 Å². The van der Waals surface area contributed by atoms with E-state index < -0.39 is 29.1 Å². The van der Waals surface area contributed by atoms with Crippen molar-refractivity contribution in [2.24, 2.45) is 0 Å². The zero-order valence-electron chi connectivity index (χ0n) is 22.2. The molecule has 37 heavy (non-hydrogen) atoms. The Bertz CT molecular complexity index is 1400. The molecule has 1 heterocycles. The van der Waals surface area contributed by atoms with E-state index in [2.05, 4.69) is 5.32 Å². The Morgan fingerprint density at radius 2 is 1.68 bits per heavy atom. The van der Waals surface area contributed by atoms with Gasteiger partial charge in [0.1, 0.15) is 0 Å². The Balaban J connectivity index is 2.56. The lowest BCUT2D eigenvalue weighted by molar-refractivity contribution is -0.160. The van der Waals surface area contributed by atoms with Gasteiger partial charge < -0.3 is 15.2 Å². The number of carboxylic acids is 1. The average molecular weight is 525 g/mol. The van der Waals surface area contributed by atoms with Crippen molar-refractivity contribution in [2.45, 2.75) is 59.7 Å². The fraction of sp³-hybridized carbons (Fsp3) is 0.345. The van der Waals surface area contributed by atoms with Crippen molar-refractivity contribution in [3.63, 3.8) is 0 Å². The molecule has 0 fully saturated rings. The first-order valence-electron chi connectivity index (χ1n) is 12.0. The third-order valence-electron chi connectivity index (χ3n) is 6.21. The van der Waals surface area contributed by atoms with Crippen LogP contribution in [0.1, 0.15) is 54.8 Å². The molecule has 0 radical (unpaired) electrons. The number of nitrogens with one attached hydrogen (secondary N) is 1. The molecule has 0 saturated carbocycles. The van der Waals surface area contributed by atoms with E-state index in [1.807, 2.05) is 32.0 Å². The molecule has 3 aromatic rings. The van der Waals surface area contributed by atoms with Gasteiger partial charge in [-0.15, -0.1) is 0 Å². The molecule has 0 aliphatic carbocycles. The van der Waals surface area contributed by atoms with Gasteiger partial charge in [0.15, 0.2) is 6.10 Å². The average Bonchev–Trinajstić information content (AvgIpc) is 2.81. The van der Waals surface area contributed by atoms with E-state index in [4.69, 9.17) is 16.3 Å². The number of aromatic nitrogens is 1. The number of rotatable bonds is 7. The molecule has 0 aliphatic heterocycles. The minimum absolute atomic E-state index is 0.0600. The summed E-state index contributed by atoms with van der Waals surface area (Å²) in [4.78, 5) is 39.4. The predicted molar refractivity (Wildman–Crippen MR) is 146 cm³/mol. The summed E-state index contributed by atoms with van der Waals surface area (Å²) in [5.41, 5.74) is 3.26. The zero-order valence-corrected chi connectivity index (χ0v) is 23.0. The maximum absolute atomic E-state index is 14.1. The van der Waals surface area contributed by atoms with E-state index in [0.717, 1.165) is 11.1 Å². The van der Waals surface area contributed by atoms with Crippen molar-refractivity contribution in [3.05, 3.63) is 85.8 Å². The van der Waals surface area contributed by atoms with Crippen LogP contribution in [0.5, 0.6) is 0 Å². The summed E-state index contributed by atoms with van der Waals surface area (Å²) in [6.07, 6.45) is -1.81. The molecule has 3 rings (SSSR count). The van der Waals surface area contributed by atoms with Gasteiger partial charge in [0.2, 0.25) is 5.91 Å². The van der Waals surface area contributed by atoms with E-state index >= 15 is 0 Å². The summed E-state index contributed by atoms with van der Waals surface area (Å²) >= 11 is 6.16. The number of carboxylic acid groups (broad SMARTS) is 1. The monoisotopic (exact) mass is 524 g/mol. The fourth-order valence-electron chi connectivity index (χ4n) is 4.31. The molecule has 1 amide bonds. The first-order chi connectivity index (χ1) is 17.2. The second-order valence-electron chi connectivity index (χ2n) is 10.1. The van der Waals surface area contributed by atoms with E-state index in [0.29, 0.717) is 27.5 Å². The van der Waals surface area contributed by atoms with Gasteiger partial charge in [-0.3, -0.25) is 14.2 Å². The Labute approximate surface area is 222 Å². The summed E-state index contributed by atoms with van der Waals surface area (Å²) in [5.74, 6) is -1.68. The predicted octanol–water partition coefficient (Wildman–Crippen LogP) is 5.31. The minimum Gasteiger partial charge on any atom is -0.479 e. The van der Waals surface area contributed by atoms with Crippen LogP contribution in [0, 0.1) is 20.8 Å². The topological polar surface area (TPSA) is 97.6 Å². The molecule has 7 nitrogen and oxygen atoms in total. The summed E-state index contributed by atoms with van der Waals surface area (Å²) < 4.78 is 7.55. The second-order valence-corrected chi connectivity index (χ2v) is 10.5. The Hall–Kier alpha value is -3.42. The zero-order chi connectivity index (χ0) is 27.7. The molecule has 2 aromatic carbocycles. The smallest absolute Gasteiger partial charge is 0.337 e. The van der Waals surface area contributed by atoms with E-state index in [-0.39, 0.29) is 17.5 Å². The molecule has 196 valence electrons. The second kappa shape index (κ2) is 10.9. The lowest BCUT2D eigenvalue weighted by Crippen LogP contribution is -2.35. The number of aliphatic carboxylic acids is 1. The Morgan fingerprint density at radius 1 is 1.05 bits per heavy atom. The molecular weight excluding hydrogens is 492 g/mol. The molecule has 8 heteroatoms. The third kappa shape index (κ3) is 6.12. The van der Waals surface area contributed by atoms with Gasteiger partial charge in [-0.2, -0.15) is 0 Å². The number of hydrogen-bond acceptors (Lipinski definition) is 4. The fourth-order valence-corrected chi connectivity index (χ4v) is 4.44. The molecule has 0 bridgehead atoms. The van der Waals surface area contributed by atoms with Crippen LogP contribution in [-0.4, -0.2) is 34.2 Å². The first kappa shape index (κ1) is 28.2. The maximum atomic E-state index is 14.1. The van der Waals surface area contributed by atoms with Crippen molar-refractivity contribution < 1.29 is 19.4 Å². The van der Waals surface area contributed by atoms with Crippen LogP contribution in [-0.2, 0) is 20.7 Å². The Morgan fingerprint density at radius 3 is 2.19 bits per heavy atom. The number of carbonyl (C=O) groups excluding carboxylic acids is 1. The van der Waals surface area contributed by atoms with Gasteiger partial charge in [-0.05, 0) is 82.5 Å². The van der Waals surface area contributed by atoms with Crippen molar-refractivity contribution in [1.29, 1.82) is 0 Å². The SMILES string of the molecule is CNC(=O)Cc1c(C(OC(C)(C)C)C(=O)O)c(-c2ccc(Cl)cc2)c(C)n(-c2ccc(C)c(C)c2)c1=O. The van der Waals surface area contributed by atoms with Crippen LogP contribution >= 0.6 is 11.6 Å². The number of benzene rings is 2. The highest BCUT2D eigenvalue weighted by molar-refractivity contribution is 6.30. The largest absolute Gasteiger partial charge is 0.479 e. The number of aryl methyl sites for hydroxylation is 2.